The predicted octanol–water partition coefficient (Wildman–Crippen LogP) is 6.27. The molecule has 1 N–H and O–H groups in total. The molecule has 1 aliphatic heterocycles. The summed E-state index contributed by atoms with van der Waals surface area (Å²) in [5.41, 5.74) is 5.05. The van der Waals surface area contributed by atoms with Crippen molar-refractivity contribution >= 4 is 28.6 Å². The van der Waals surface area contributed by atoms with Crippen LogP contribution >= 0.6 is 0 Å². The van der Waals surface area contributed by atoms with Gasteiger partial charge in [0.2, 0.25) is 0 Å². The molecule has 27 heavy (non-hydrogen) atoms. The second-order valence-electron chi connectivity index (χ2n) is 9.43. The number of aromatic nitrogens is 1. The minimum absolute atomic E-state index is 0.101. The number of benzene rings is 2. The Morgan fingerprint density at radius 3 is 2.22 bits per heavy atom. The summed E-state index contributed by atoms with van der Waals surface area (Å²) in [6, 6.07) is 13.2. The number of aromatic amines is 1. The highest BCUT2D eigenvalue weighted by Crippen LogP contribution is 2.33. The zero-order valence-corrected chi connectivity index (χ0v) is 17.0. The highest BCUT2D eigenvalue weighted by atomic mass is 15.0. The fourth-order valence-electron chi connectivity index (χ4n) is 3.39. The molecule has 2 aromatic carbocycles. The van der Waals surface area contributed by atoms with Gasteiger partial charge >= 0.3 is 0 Å². The molecule has 1 aromatic heterocycles. The molecule has 138 valence electrons. The maximum Gasteiger partial charge on any atom is 0.162 e. The number of hydrogen-bond donors (Lipinski definition) is 1. The van der Waals surface area contributed by atoms with E-state index in [1.165, 1.54) is 16.5 Å². The zero-order chi connectivity index (χ0) is 19.4. The van der Waals surface area contributed by atoms with Crippen LogP contribution in [0.15, 0.2) is 52.6 Å². The van der Waals surface area contributed by atoms with Crippen molar-refractivity contribution < 1.29 is 0 Å². The van der Waals surface area contributed by atoms with E-state index in [2.05, 4.69) is 87.9 Å². The maximum absolute atomic E-state index is 4.90. The lowest BCUT2D eigenvalue weighted by molar-refractivity contribution is 0.590. The van der Waals surface area contributed by atoms with Crippen molar-refractivity contribution in [3.05, 3.63) is 64.8 Å². The molecule has 0 bridgehead atoms. The van der Waals surface area contributed by atoms with E-state index in [0.29, 0.717) is 0 Å². The van der Waals surface area contributed by atoms with Crippen LogP contribution in [0.5, 0.6) is 0 Å². The van der Waals surface area contributed by atoms with Crippen molar-refractivity contribution in [2.75, 3.05) is 0 Å². The molecule has 0 fully saturated rings. The molecule has 0 atom stereocenters. The topological polar surface area (TPSA) is 40.5 Å². The van der Waals surface area contributed by atoms with Crippen LogP contribution in [0.3, 0.4) is 0 Å². The third-order valence-corrected chi connectivity index (χ3v) is 5.24. The summed E-state index contributed by atoms with van der Waals surface area (Å²) < 4.78 is 0. The smallest absolute Gasteiger partial charge is 0.162 e. The third-order valence-electron chi connectivity index (χ3n) is 5.24. The minimum Gasteiger partial charge on any atom is -0.345 e. The van der Waals surface area contributed by atoms with Crippen molar-refractivity contribution in [2.45, 2.75) is 52.4 Å². The Bertz CT molecular complexity index is 1080. The third kappa shape index (κ3) is 3.23. The molecule has 2 heterocycles. The Hall–Kier alpha value is -2.68. The molecule has 0 spiro atoms. The summed E-state index contributed by atoms with van der Waals surface area (Å²) in [4.78, 5) is 12.8. The lowest BCUT2D eigenvalue weighted by Crippen LogP contribution is -2.12. The van der Waals surface area contributed by atoms with Gasteiger partial charge in [-0.2, -0.15) is 0 Å². The van der Waals surface area contributed by atoms with Crippen LogP contribution in [0.25, 0.3) is 10.8 Å². The van der Waals surface area contributed by atoms with Crippen molar-refractivity contribution in [1.82, 2.24) is 4.98 Å². The average molecular weight is 358 g/mol. The fraction of sp³-hybridized carbons (Fsp3) is 0.333. The maximum atomic E-state index is 4.90. The molecule has 0 unspecified atom stereocenters. The molecule has 0 amide bonds. The molecular formula is C24H27N3. The molecule has 1 aliphatic rings. The first-order valence-electron chi connectivity index (χ1n) is 9.52. The molecule has 0 saturated carbocycles. The number of H-pyrrole nitrogens is 1. The van der Waals surface area contributed by atoms with E-state index in [9.17, 15) is 0 Å². The van der Waals surface area contributed by atoms with Crippen molar-refractivity contribution in [3.63, 3.8) is 0 Å². The van der Waals surface area contributed by atoms with Gasteiger partial charge in [0, 0.05) is 34.3 Å². The van der Waals surface area contributed by atoms with E-state index in [-0.39, 0.29) is 10.8 Å². The highest BCUT2D eigenvalue weighted by molar-refractivity contribution is 6.16. The van der Waals surface area contributed by atoms with Gasteiger partial charge in [-0.15, -0.1) is 0 Å². The van der Waals surface area contributed by atoms with Gasteiger partial charge in [-0.3, -0.25) is 0 Å². The Morgan fingerprint density at radius 2 is 1.52 bits per heavy atom. The van der Waals surface area contributed by atoms with Crippen molar-refractivity contribution in [1.29, 1.82) is 0 Å². The molecular weight excluding hydrogens is 330 g/mol. The summed E-state index contributed by atoms with van der Waals surface area (Å²) >= 11 is 0. The number of rotatable bonds is 1. The lowest BCUT2D eigenvalue weighted by Gasteiger charge is -2.19. The van der Waals surface area contributed by atoms with Gasteiger partial charge < -0.3 is 4.98 Å². The highest BCUT2D eigenvalue weighted by Gasteiger charge is 2.20. The van der Waals surface area contributed by atoms with Crippen molar-refractivity contribution in [3.8, 4) is 0 Å². The number of nitrogens with zero attached hydrogens (tertiary/aromatic N) is 2. The van der Waals surface area contributed by atoms with Crippen LogP contribution in [-0.4, -0.2) is 17.0 Å². The summed E-state index contributed by atoms with van der Waals surface area (Å²) in [6.07, 6.45) is 3.93. The van der Waals surface area contributed by atoms with Gasteiger partial charge in [-0.05, 0) is 34.1 Å². The standard InChI is InChI=1S/C24H27N3/c1-23(2,3)17-9-7-15-13-25-21(19(15)11-17)27-22-20-12-18(24(4,5)6)10-8-16(20)14-26-22/h7-14,25H,1-6H3/b27-22-. The first-order chi connectivity index (χ1) is 12.6. The molecule has 4 rings (SSSR count). The lowest BCUT2D eigenvalue weighted by atomic mass is 9.85. The van der Waals surface area contributed by atoms with Crippen molar-refractivity contribution in [2.24, 2.45) is 9.98 Å². The Morgan fingerprint density at radius 1 is 0.852 bits per heavy atom. The summed E-state index contributed by atoms with van der Waals surface area (Å²) in [7, 11) is 0. The normalized spacial score (nSPS) is 15.7. The van der Waals surface area contributed by atoms with Crippen LogP contribution in [-0.2, 0) is 10.8 Å². The van der Waals surface area contributed by atoms with Gasteiger partial charge in [0.05, 0.1) is 0 Å². The number of amidine groups is 1. The number of fused-ring (bicyclic) bond motifs is 2. The molecule has 0 aliphatic carbocycles. The second kappa shape index (κ2) is 5.91. The quantitative estimate of drug-likeness (QED) is 0.533. The first kappa shape index (κ1) is 17.7. The predicted molar refractivity (Wildman–Crippen MR) is 116 cm³/mol. The second-order valence-corrected chi connectivity index (χ2v) is 9.43. The number of hydrogen-bond acceptors (Lipinski definition) is 1. The Labute approximate surface area is 161 Å². The van der Waals surface area contributed by atoms with E-state index in [1.54, 1.807) is 0 Å². The molecule has 0 radical (unpaired) electrons. The van der Waals surface area contributed by atoms with E-state index in [1.807, 2.05) is 12.4 Å². The van der Waals surface area contributed by atoms with Crippen LogP contribution in [0.4, 0.5) is 5.82 Å². The SMILES string of the molecule is CC(C)(C)c1ccc2c(c1)/C(=N/c1[nH]cc3ccc(C(C)(C)C)cc13)N=C2. The number of nitrogens with one attached hydrogen (secondary N) is 1. The summed E-state index contributed by atoms with van der Waals surface area (Å²) in [5.74, 6) is 1.65. The molecule has 3 aromatic rings. The van der Waals surface area contributed by atoms with Gasteiger partial charge in [-0.1, -0.05) is 65.8 Å². The van der Waals surface area contributed by atoms with Gasteiger partial charge in [0.15, 0.2) is 5.84 Å². The van der Waals surface area contributed by atoms with E-state index in [4.69, 9.17) is 4.99 Å². The number of aliphatic imine (C=N–C) groups is 2. The van der Waals surface area contributed by atoms with Gasteiger partial charge in [-0.25, -0.2) is 9.98 Å². The minimum atomic E-state index is 0.101. The molecule has 0 saturated heterocycles. The first-order valence-corrected chi connectivity index (χ1v) is 9.52. The zero-order valence-electron chi connectivity index (χ0n) is 17.0. The molecule has 3 heteroatoms. The van der Waals surface area contributed by atoms with Gasteiger partial charge in [0.25, 0.3) is 0 Å². The largest absolute Gasteiger partial charge is 0.345 e. The monoisotopic (exact) mass is 357 g/mol. The van der Waals surface area contributed by atoms with Crippen LogP contribution in [0.1, 0.15) is 63.8 Å². The van der Waals surface area contributed by atoms with E-state index >= 15 is 0 Å². The van der Waals surface area contributed by atoms with E-state index < -0.39 is 0 Å². The van der Waals surface area contributed by atoms with Crippen LogP contribution in [0.2, 0.25) is 0 Å². The summed E-state index contributed by atoms with van der Waals surface area (Å²) in [5, 5.41) is 2.32. The summed E-state index contributed by atoms with van der Waals surface area (Å²) in [6.45, 7) is 13.4. The average Bonchev–Trinajstić information content (AvgIpc) is 3.17. The van der Waals surface area contributed by atoms with E-state index in [0.717, 1.165) is 28.2 Å². The molecule has 3 nitrogen and oxygen atoms in total. The van der Waals surface area contributed by atoms with Crippen LogP contribution in [0, 0.1) is 0 Å². The Kier molecular flexibility index (Phi) is 3.88. The fourth-order valence-corrected chi connectivity index (χ4v) is 3.39. The Balaban J connectivity index is 1.82. The van der Waals surface area contributed by atoms with Crippen LogP contribution < -0.4 is 0 Å². The van der Waals surface area contributed by atoms with Gasteiger partial charge in [0.1, 0.15) is 5.82 Å².